The minimum atomic E-state index is -0.501. The summed E-state index contributed by atoms with van der Waals surface area (Å²) in [6.45, 7) is 0. The molecule has 8 rings (SSSR count). The smallest absolute Gasteiger partial charge is 0.266 e. The van der Waals surface area contributed by atoms with E-state index in [1.165, 1.54) is 22.7 Å². The van der Waals surface area contributed by atoms with Gasteiger partial charge in [-0.15, -0.1) is 22.7 Å². The Morgan fingerprint density at radius 2 is 0.881 bits per heavy atom. The lowest BCUT2D eigenvalue weighted by atomic mass is 9.96. The van der Waals surface area contributed by atoms with E-state index in [9.17, 15) is 29.7 Å². The maximum Gasteiger partial charge on any atom is 0.266 e. The molecule has 2 aromatic carbocycles. The minimum Gasteiger partial charge on any atom is -0.268 e. The SMILES string of the molecule is N#Cc1c(-n2c(=O)c3cc4cc5c(=O)n(-c6sc7c(c6C#N)CCCC7)c(=O)c5cc4cc3c2=O)sc2c1CCCC2. The number of aryl methyl sites for hydroxylation is 2. The number of nitrogens with zero attached hydrogens (tertiary/aromatic N) is 4. The van der Waals surface area contributed by atoms with Gasteiger partial charge in [0.05, 0.1) is 32.7 Å². The summed E-state index contributed by atoms with van der Waals surface area (Å²) in [7, 11) is 0. The van der Waals surface area contributed by atoms with Gasteiger partial charge in [0.1, 0.15) is 22.1 Å². The second-order valence-corrected chi connectivity index (χ2v) is 13.2. The number of rotatable bonds is 2. The van der Waals surface area contributed by atoms with Gasteiger partial charge in [-0.2, -0.15) is 10.5 Å². The molecule has 0 bridgehead atoms. The van der Waals surface area contributed by atoms with Gasteiger partial charge in [0.2, 0.25) is 0 Å². The topological polar surface area (TPSA) is 126 Å². The summed E-state index contributed by atoms with van der Waals surface area (Å²) < 4.78 is 2.22. The molecule has 4 heterocycles. The Bertz CT molecular complexity index is 2220. The number of benzene rings is 2. The van der Waals surface area contributed by atoms with Crippen LogP contribution < -0.4 is 22.2 Å². The molecular formula is C32H20N4O4S2. The zero-order valence-electron chi connectivity index (χ0n) is 22.2. The lowest BCUT2D eigenvalue weighted by molar-refractivity contribution is 0.695. The van der Waals surface area contributed by atoms with Crippen molar-refractivity contribution in [3.05, 3.63) is 97.7 Å². The Morgan fingerprint density at radius 1 is 0.548 bits per heavy atom. The normalized spacial score (nSPS) is 14.7. The highest BCUT2D eigenvalue weighted by molar-refractivity contribution is 7.15. The van der Waals surface area contributed by atoms with Crippen molar-refractivity contribution in [3.8, 4) is 22.1 Å². The summed E-state index contributed by atoms with van der Waals surface area (Å²) in [5.74, 6) is 0. The average molecular weight is 589 g/mol. The van der Waals surface area contributed by atoms with E-state index < -0.39 is 22.2 Å². The molecule has 6 aromatic rings. The number of aromatic nitrogens is 2. The predicted octanol–water partition coefficient (Wildman–Crippen LogP) is 4.67. The number of nitriles is 2. The summed E-state index contributed by atoms with van der Waals surface area (Å²) in [6.07, 6.45) is 7.14. The summed E-state index contributed by atoms with van der Waals surface area (Å²) in [5.41, 5.74) is 0.675. The molecule has 2 aliphatic carbocycles. The lowest BCUT2D eigenvalue weighted by Gasteiger charge is -2.09. The fourth-order valence-electron chi connectivity index (χ4n) is 6.74. The number of hydrogen-bond donors (Lipinski definition) is 0. The molecular weight excluding hydrogens is 569 g/mol. The molecule has 4 aromatic heterocycles. The van der Waals surface area contributed by atoms with Gasteiger partial charge in [0, 0.05) is 9.75 Å². The molecule has 0 saturated heterocycles. The molecule has 0 amide bonds. The highest BCUT2D eigenvalue weighted by atomic mass is 32.1. The Labute approximate surface area is 245 Å². The average Bonchev–Trinajstić information content (AvgIpc) is 3.69. The van der Waals surface area contributed by atoms with Crippen LogP contribution in [0, 0.1) is 22.7 Å². The van der Waals surface area contributed by atoms with Crippen LogP contribution in [0.25, 0.3) is 42.3 Å². The Hall–Kier alpha value is -4.64. The Morgan fingerprint density at radius 3 is 1.21 bits per heavy atom. The van der Waals surface area contributed by atoms with Crippen LogP contribution in [0.4, 0.5) is 0 Å². The van der Waals surface area contributed by atoms with Crippen LogP contribution in [0.15, 0.2) is 43.4 Å². The molecule has 0 saturated carbocycles. The van der Waals surface area contributed by atoms with Gasteiger partial charge in [0.15, 0.2) is 0 Å². The maximum absolute atomic E-state index is 13.6. The van der Waals surface area contributed by atoms with Crippen LogP contribution in [-0.2, 0) is 25.7 Å². The van der Waals surface area contributed by atoms with E-state index in [0.29, 0.717) is 31.9 Å². The van der Waals surface area contributed by atoms with Crippen LogP contribution in [0.5, 0.6) is 0 Å². The first kappa shape index (κ1) is 25.1. The van der Waals surface area contributed by atoms with E-state index in [-0.39, 0.29) is 21.5 Å². The molecule has 0 fully saturated rings. The van der Waals surface area contributed by atoms with Gasteiger partial charge < -0.3 is 0 Å². The second-order valence-electron chi connectivity index (χ2n) is 11.0. The molecule has 0 atom stereocenters. The fraction of sp³-hybridized carbons (Fsp3) is 0.250. The minimum absolute atomic E-state index is 0.203. The predicted molar refractivity (Wildman–Crippen MR) is 164 cm³/mol. The Balaban J connectivity index is 1.36. The van der Waals surface area contributed by atoms with Gasteiger partial charge >= 0.3 is 0 Å². The zero-order chi connectivity index (χ0) is 28.9. The van der Waals surface area contributed by atoms with E-state index >= 15 is 0 Å². The van der Waals surface area contributed by atoms with E-state index in [4.69, 9.17) is 0 Å². The van der Waals surface area contributed by atoms with Crippen LogP contribution in [0.3, 0.4) is 0 Å². The van der Waals surface area contributed by atoms with Crippen LogP contribution in [0.1, 0.15) is 57.7 Å². The second kappa shape index (κ2) is 8.93. The highest BCUT2D eigenvalue weighted by Crippen LogP contribution is 2.37. The van der Waals surface area contributed by atoms with Gasteiger partial charge in [-0.3, -0.25) is 19.2 Å². The van der Waals surface area contributed by atoms with Crippen molar-refractivity contribution in [3.63, 3.8) is 0 Å². The van der Waals surface area contributed by atoms with Crippen molar-refractivity contribution < 1.29 is 0 Å². The van der Waals surface area contributed by atoms with Crippen molar-refractivity contribution in [2.24, 2.45) is 0 Å². The fourth-order valence-corrected chi connectivity index (χ4v) is 9.41. The third kappa shape index (κ3) is 3.25. The largest absolute Gasteiger partial charge is 0.268 e. The number of thiophene rings is 2. The third-order valence-electron chi connectivity index (χ3n) is 8.78. The molecule has 0 unspecified atom stereocenters. The lowest BCUT2D eigenvalue weighted by Crippen LogP contribution is -2.23. The van der Waals surface area contributed by atoms with Gasteiger partial charge in [-0.25, -0.2) is 9.13 Å². The first-order chi connectivity index (χ1) is 20.4. The van der Waals surface area contributed by atoms with Crippen molar-refractivity contribution in [1.29, 1.82) is 10.5 Å². The maximum atomic E-state index is 13.6. The molecule has 0 spiro atoms. The summed E-state index contributed by atoms with van der Waals surface area (Å²) in [6, 6.07) is 10.8. The van der Waals surface area contributed by atoms with Gasteiger partial charge in [-0.05, 0) is 97.5 Å². The molecule has 204 valence electrons. The van der Waals surface area contributed by atoms with Crippen molar-refractivity contribution in [1.82, 2.24) is 9.13 Å². The first-order valence-electron chi connectivity index (χ1n) is 13.9. The summed E-state index contributed by atoms with van der Waals surface area (Å²) >= 11 is 2.68. The Kier molecular flexibility index (Phi) is 5.34. The molecule has 0 N–H and O–H groups in total. The standard InChI is InChI=1S/C32H20N4O4S2/c33-13-23-17-5-1-3-7-25(17)41-31(23)35-27(37)19-9-15-11-21-22(12-16(15)10-20(19)28(35)38)30(40)36(29(21)39)32-24(14-34)18-6-2-4-8-26(18)42-32/h9-12H,1-8H2. The van der Waals surface area contributed by atoms with Crippen molar-refractivity contribution >= 4 is 55.0 Å². The first-order valence-corrected chi connectivity index (χ1v) is 15.5. The molecule has 0 aliphatic heterocycles. The van der Waals surface area contributed by atoms with Crippen LogP contribution in [0.2, 0.25) is 0 Å². The highest BCUT2D eigenvalue weighted by Gasteiger charge is 2.27. The summed E-state index contributed by atoms with van der Waals surface area (Å²) in [4.78, 5) is 56.6. The van der Waals surface area contributed by atoms with E-state index in [1.807, 2.05) is 0 Å². The van der Waals surface area contributed by atoms with Crippen molar-refractivity contribution in [2.45, 2.75) is 51.4 Å². The molecule has 42 heavy (non-hydrogen) atoms. The molecule has 2 aliphatic rings. The number of fused-ring (bicyclic) bond motifs is 5. The summed E-state index contributed by atoms with van der Waals surface area (Å²) in [5, 5.41) is 22.5. The van der Waals surface area contributed by atoms with E-state index in [0.717, 1.165) is 81.4 Å². The molecule has 0 radical (unpaired) electrons. The molecule has 10 heteroatoms. The third-order valence-corrected chi connectivity index (χ3v) is 11.3. The van der Waals surface area contributed by atoms with E-state index in [1.54, 1.807) is 24.3 Å². The number of hydrogen-bond acceptors (Lipinski definition) is 8. The van der Waals surface area contributed by atoms with Crippen LogP contribution in [-0.4, -0.2) is 9.13 Å². The van der Waals surface area contributed by atoms with Gasteiger partial charge in [-0.1, -0.05) is 0 Å². The molecule has 8 nitrogen and oxygen atoms in total. The van der Waals surface area contributed by atoms with Crippen molar-refractivity contribution in [2.75, 3.05) is 0 Å². The van der Waals surface area contributed by atoms with Crippen LogP contribution >= 0.6 is 22.7 Å². The zero-order valence-corrected chi connectivity index (χ0v) is 23.8. The monoisotopic (exact) mass is 588 g/mol. The van der Waals surface area contributed by atoms with Gasteiger partial charge in [0.25, 0.3) is 22.2 Å². The quantitative estimate of drug-likeness (QED) is 0.290. The van der Waals surface area contributed by atoms with E-state index in [2.05, 4.69) is 12.1 Å².